The lowest BCUT2D eigenvalue weighted by atomic mass is 9.90. The van der Waals surface area contributed by atoms with Crippen LogP contribution in [0.5, 0.6) is 0 Å². The van der Waals surface area contributed by atoms with E-state index in [1.165, 1.54) is 0 Å². The summed E-state index contributed by atoms with van der Waals surface area (Å²) in [5.41, 5.74) is 1.48. The summed E-state index contributed by atoms with van der Waals surface area (Å²) in [6.07, 6.45) is 2.00. The number of hydrogen-bond donors (Lipinski definition) is 2. The van der Waals surface area contributed by atoms with Gasteiger partial charge in [-0.3, -0.25) is 0 Å². The fraction of sp³-hybridized carbons (Fsp3) is 0.333. The molecule has 0 saturated carbocycles. The van der Waals surface area contributed by atoms with Crippen LogP contribution in [0.15, 0.2) is 96.5 Å². The Morgan fingerprint density at radius 3 is 1.39 bits per heavy atom. The Labute approximate surface area is 213 Å². The zero-order chi connectivity index (χ0) is 26.7. The van der Waals surface area contributed by atoms with Crippen molar-refractivity contribution in [3.8, 4) is 0 Å². The van der Waals surface area contributed by atoms with Gasteiger partial charge in [-0.05, 0) is 63.1 Å². The van der Waals surface area contributed by atoms with Crippen molar-refractivity contribution in [2.45, 2.75) is 52.7 Å². The van der Waals surface area contributed by atoms with E-state index in [1.807, 2.05) is 12.1 Å². The van der Waals surface area contributed by atoms with Crippen LogP contribution in [0.25, 0.3) is 0 Å². The Bertz CT molecular complexity index is 986. The van der Waals surface area contributed by atoms with Gasteiger partial charge in [-0.1, -0.05) is 62.4 Å². The number of aliphatic hydroxyl groups is 2. The number of esters is 2. The number of hydrogen-bond acceptors (Lipinski definition) is 6. The largest absolute Gasteiger partial charge is 0.427 e. The van der Waals surface area contributed by atoms with Gasteiger partial charge in [0.15, 0.2) is 0 Å². The first kappa shape index (κ1) is 28.8. The molecule has 0 bridgehead atoms. The maximum atomic E-state index is 12.4. The van der Waals surface area contributed by atoms with Crippen LogP contribution < -0.4 is 0 Å². The first-order valence-corrected chi connectivity index (χ1v) is 12.1. The molecule has 0 unspecified atom stereocenters. The number of carbonyl (C=O) groups excluding carboxylic acids is 2. The minimum Gasteiger partial charge on any atom is -0.427 e. The number of rotatable bonds is 12. The standard InChI is InChI=1S/C30H36O6/c1-6-27(35-29(33)23-14-10-8-11-15-23)21(4)25(31)18-20(3)19-26(32)22(5)28(7-2)36-30(34)24-16-12-9-13-17-24/h6-17,21-22,25-26,31-32H,3,18-19H2,1-2,4-5H3/b27-6+,28-7+/t21-,22-,25-,26-/m0/s1. The van der Waals surface area contributed by atoms with Gasteiger partial charge in [0, 0.05) is 11.8 Å². The van der Waals surface area contributed by atoms with Gasteiger partial charge in [0.25, 0.3) is 0 Å². The molecule has 0 aliphatic carbocycles. The maximum absolute atomic E-state index is 12.4. The molecule has 192 valence electrons. The summed E-state index contributed by atoms with van der Waals surface area (Å²) in [5.74, 6) is -1.19. The molecule has 6 heteroatoms. The summed E-state index contributed by atoms with van der Waals surface area (Å²) in [4.78, 5) is 24.8. The van der Waals surface area contributed by atoms with Gasteiger partial charge in [0.05, 0.1) is 23.3 Å². The number of aliphatic hydroxyl groups excluding tert-OH is 2. The molecule has 2 aromatic rings. The summed E-state index contributed by atoms with van der Waals surface area (Å²) in [6.45, 7) is 11.0. The molecule has 2 aromatic carbocycles. The van der Waals surface area contributed by atoms with Crippen LogP contribution in [0.2, 0.25) is 0 Å². The molecule has 0 fully saturated rings. The summed E-state index contributed by atoms with van der Waals surface area (Å²) < 4.78 is 11.0. The fourth-order valence-corrected chi connectivity index (χ4v) is 3.72. The number of benzene rings is 2. The van der Waals surface area contributed by atoms with E-state index in [0.717, 1.165) is 0 Å². The SMILES string of the molecule is C=C(C[C@H](O)[C@H](C)/C(=C\C)OC(=O)c1ccccc1)C[C@H](O)[C@H](C)/C(=C\C)OC(=O)c1ccccc1. The average molecular weight is 493 g/mol. The minimum atomic E-state index is -0.869. The van der Waals surface area contributed by atoms with Gasteiger partial charge < -0.3 is 19.7 Å². The van der Waals surface area contributed by atoms with E-state index in [0.29, 0.717) is 28.2 Å². The van der Waals surface area contributed by atoms with E-state index in [2.05, 4.69) is 6.58 Å². The zero-order valence-electron chi connectivity index (χ0n) is 21.4. The molecule has 6 nitrogen and oxygen atoms in total. The molecule has 0 spiro atoms. The molecule has 36 heavy (non-hydrogen) atoms. The van der Waals surface area contributed by atoms with Crippen molar-refractivity contribution in [3.63, 3.8) is 0 Å². The Morgan fingerprint density at radius 1 is 0.750 bits per heavy atom. The molecule has 2 rings (SSSR count). The van der Waals surface area contributed by atoms with Crippen molar-refractivity contribution in [2.75, 3.05) is 0 Å². The molecule has 0 aromatic heterocycles. The summed E-state index contributed by atoms with van der Waals surface area (Å²) >= 11 is 0. The van der Waals surface area contributed by atoms with E-state index < -0.39 is 36.0 Å². The quantitative estimate of drug-likeness (QED) is 0.220. The molecule has 0 aliphatic rings. The molecular formula is C30H36O6. The third-order valence-corrected chi connectivity index (χ3v) is 6.06. The molecule has 0 aliphatic heterocycles. The lowest BCUT2D eigenvalue weighted by Crippen LogP contribution is -2.26. The van der Waals surface area contributed by atoms with Gasteiger partial charge in [0.2, 0.25) is 0 Å². The zero-order valence-corrected chi connectivity index (χ0v) is 21.4. The Morgan fingerprint density at radius 2 is 1.08 bits per heavy atom. The average Bonchev–Trinajstić information content (AvgIpc) is 2.90. The second-order valence-electron chi connectivity index (χ2n) is 8.76. The van der Waals surface area contributed by atoms with Gasteiger partial charge in [-0.25, -0.2) is 9.59 Å². The van der Waals surface area contributed by atoms with Crippen LogP contribution in [0.1, 0.15) is 61.3 Å². The Balaban J connectivity index is 1.91. The minimum absolute atomic E-state index is 0.208. The third-order valence-electron chi connectivity index (χ3n) is 6.06. The first-order chi connectivity index (χ1) is 17.2. The summed E-state index contributed by atoms with van der Waals surface area (Å²) in [6, 6.07) is 17.3. The molecule has 0 radical (unpaired) electrons. The Hall–Kier alpha value is -3.48. The van der Waals surface area contributed by atoms with Crippen molar-refractivity contribution in [1.82, 2.24) is 0 Å². The third kappa shape index (κ3) is 8.33. The van der Waals surface area contributed by atoms with Crippen LogP contribution in [-0.4, -0.2) is 34.4 Å². The topological polar surface area (TPSA) is 93.1 Å². The second kappa shape index (κ2) is 14.2. The molecule has 0 heterocycles. The highest BCUT2D eigenvalue weighted by atomic mass is 16.5. The van der Waals surface area contributed by atoms with Gasteiger partial charge in [-0.2, -0.15) is 0 Å². The van der Waals surface area contributed by atoms with Crippen LogP contribution in [0.4, 0.5) is 0 Å². The molecule has 2 N–H and O–H groups in total. The maximum Gasteiger partial charge on any atom is 0.343 e. The smallest absolute Gasteiger partial charge is 0.343 e. The summed E-state index contributed by atoms with van der Waals surface area (Å²) in [7, 11) is 0. The lowest BCUT2D eigenvalue weighted by molar-refractivity contribution is 0.0481. The van der Waals surface area contributed by atoms with Crippen LogP contribution >= 0.6 is 0 Å². The Kier molecular flexibility index (Phi) is 11.3. The summed E-state index contributed by atoms with van der Waals surface area (Å²) in [5, 5.41) is 21.5. The fourth-order valence-electron chi connectivity index (χ4n) is 3.72. The molecular weight excluding hydrogens is 456 g/mol. The normalized spacial score (nSPS) is 15.4. The highest BCUT2D eigenvalue weighted by Crippen LogP contribution is 2.27. The van der Waals surface area contributed by atoms with E-state index in [9.17, 15) is 19.8 Å². The molecule has 0 saturated heterocycles. The highest BCUT2D eigenvalue weighted by Gasteiger charge is 2.26. The number of carbonyl (C=O) groups is 2. The second-order valence-corrected chi connectivity index (χ2v) is 8.76. The van der Waals surface area contributed by atoms with Gasteiger partial charge >= 0.3 is 11.9 Å². The monoisotopic (exact) mass is 492 g/mol. The van der Waals surface area contributed by atoms with Gasteiger partial charge in [0.1, 0.15) is 11.5 Å². The highest BCUT2D eigenvalue weighted by molar-refractivity contribution is 5.90. The number of allylic oxidation sites excluding steroid dienone is 2. The predicted octanol–water partition coefficient (Wildman–Crippen LogP) is 5.84. The first-order valence-electron chi connectivity index (χ1n) is 12.1. The lowest BCUT2D eigenvalue weighted by Gasteiger charge is -2.25. The van der Waals surface area contributed by atoms with Crippen LogP contribution in [0, 0.1) is 11.8 Å². The van der Waals surface area contributed by atoms with E-state index in [1.54, 1.807) is 88.4 Å². The van der Waals surface area contributed by atoms with E-state index in [-0.39, 0.29) is 12.8 Å². The van der Waals surface area contributed by atoms with Crippen molar-refractivity contribution < 1.29 is 29.3 Å². The van der Waals surface area contributed by atoms with Crippen LogP contribution in [0.3, 0.4) is 0 Å². The van der Waals surface area contributed by atoms with Gasteiger partial charge in [-0.15, -0.1) is 0 Å². The van der Waals surface area contributed by atoms with E-state index in [4.69, 9.17) is 9.47 Å². The van der Waals surface area contributed by atoms with Crippen molar-refractivity contribution in [3.05, 3.63) is 108 Å². The van der Waals surface area contributed by atoms with E-state index >= 15 is 0 Å². The van der Waals surface area contributed by atoms with Crippen LogP contribution in [-0.2, 0) is 9.47 Å². The van der Waals surface area contributed by atoms with Crippen molar-refractivity contribution in [2.24, 2.45) is 11.8 Å². The number of ether oxygens (including phenoxy) is 2. The molecule has 0 amide bonds. The van der Waals surface area contributed by atoms with Crippen molar-refractivity contribution >= 4 is 11.9 Å². The van der Waals surface area contributed by atoms with Crippen molar-refractivity contribution in [1.29, 1.82) is 0 Å². The predicted molar refractivity (Wildman–Crippen MR) is 140 cm³/mol. The molecule has 4 atom stereocenters.